The molecule has 0 saturated carbocycles. The molecule has 0 aromatic carbocycles. The Kier molecular flexibility index (Phi) is 74.1. The minimum absolute atomic E-state index is 0. The van der Waals surface area contributed by atoms with Gasteiger partial charge in [-0.05, 0) is 0 Å². The molecule has 52 valence electrons. The average molecular weight is 252 g/mol. The van der Waals surface area contributed by atoms with Crippen LogP contribution < -0.4 is 138 Å². The van der Waals surface area contributed by atoms with Crippen molar-refractivity contribution in [2.75, 3.05) is 0 Å². The van der Waals surface area contributed by atoms with Crippen LogP contribution in [-0.4, -0.2) is 5.48 Å². The van der Waals surface area contributed by atoms with Crippen molar-refractivity contribution in [2.24, 2.45) is 0 Å². The van der Waals surface area contributed by atoms with Crippen molar-refractivity contribution in [1.82, 2.24) is 0 Å². The van der Waals surface area contributed by atoms with Crippen LogP contribution in [0.25, 0.3) is 0 Å². The van der Waals surface area contributed by atoms with E-state index in [1.54, 1.807) is 0 Å². The Balaban J connectivity index is -0.0000000180. The van der Waals surface area contributed by atoms with Gasteiger partial charge in [0.2, 0.25) is 0 Å². The van der Waals surface area contributed by atoms with Crippen molar-refractivity contribution in [3.63, 3.8) is 0 Å². The summed E-state index contributed by atoms with van der Waals surface area (Å²) < 4.78 is 3.16. The first-order chi connectivity index (χ1) is 3.13. The normalized spacial score (nSPS) is 6.50. The minimum atomic E-state index is -3.24. The quantitative estimate of drug-likeness (QED) is 0.355. The summed E-state index contributed by atoms with van der Waals surface area (Å²) in [6.07, 6.45) is 0. The molecule has 0 aliphatic rings. The monoisotopic (exact) mass is 252 g/mol. The Morgan fingerprint density at radius 2 is 0.833 bits per heavy atom. The van der Waals surface area contributed by atoms with E-state index in [2.05, 4.69) is 4.31 Å². The van der Waals surface area contributed by atoms with Gasteiger partial charge in [-0.1, -0.05) is 0 Å². The van der Waals surface area contributed by atoms with E-state index in [0.29, 0.717) is 0 Å². The second-order valence-electron chi connectivity index (χ2n) is 0.529. The predicted molar refractivity (Wildman–Crippen MR) is 18.5 cm³/mol. The summed E-state index contributed by atoms with van der Waals surface area (Å²) >= 11 is 0. The number of hydrogen-bond donors (Lipinski definition) is 0. The van der Waals surface area contributed by atoms with Crippen LogP contribution in [0.4, 0.5) is 0 Å². The summed E-state index contributed by atoms with van der Waals surface area (Å²) in [5, 5.41) is 0. The molecule has 0 spiro atoms. The predicted octanol–water partition coefficient (Wildman–Crippen LogP) is -15.9. The third-order valence-electron chi connectivity index (χ3n) is 0.133. The van der Waals surface area contributed by atoms with Gasteiger partial charge in [0.25, 0.3) is 0 Å². The van der Waals surface area contributed by atoms with Crippen LogP contribution in [0.2, 0.25) is 0 Å². The van der Waals surface area contributed by atoms with Gasteiger partial charge < -0.3 is 29.4 Å². The van der Waals surface area contributed by atoms with Gasteiger partial charge in [0.1, 0.15) is 0 Å². The third-order valence-corrected chi connectivity index (χ3v) is 1.20. The molecule has 0 heterocycles. The first kappa shape index (κ1) is 36.0. The second-order valence-corrected chi connectivity index (χ2v) is 2.08. The average Bonchev–Trinajstić information content (AvgIpc) is 1.27. The van der Waals surface area contributed by atoms with Crippen molar-refractivity contribution in [2.45, 2.75) is 0 Å². The van der Waals surface area contributed by atoms with Crippen LogP contribution in [-0.2, 0) is 4.31 Å². The molecule has 0 aliphatic heterocycles. The van der Waals surface area contributed by atoms with Crippen molar-refractivity contribution in [1.29, 1.82) is 0 Å². The van der Waals surface area contributed by atoms with E-state index in [4.69, 9.17) is 0 Å². The van der Waals surface area contributed by atoms with Gasteiger partial charge in [0.15, 0.2) is 0 Å². The van der Waals surface area contributed by atoms with Crippen molar-refractivity contribution in [3.8, 4) is 0 Å². The third kappa shape index (κ3) is 36.5. The fourth-order valence-corrected chi connectivity index (χ4v) is 0.490. The maximum atomic E-state index is 9.24. The summed E-state index contributed by atoms with van der Waals surface area (Å²) in [5.41, 5.74) is 0. The zero-order valence-corrected chi connectivity index (χ0v) is 17.2. The Hall–Kier alpha value is 4.62. The van der Waals surface area contributed by atoms with Crippen LogP contribution in [0.3, 0.4) is 0 Å². The topological polar surface area (TPSA) is 133 Å². The first-order valence-corrected chi connectivity index (χ1v) is 3.29. The zero-order chi connectivity index (χ0) is 5.86. The molecule has 0 atom stereocenters. The van der Waals surface area contributed by atoms with Crippen LogP contribution in [0.1, 0.15) is 0 Å². The van der Waals surface area contributed by atoms with Crippen molar-refractivity contribution >= 4 is 17.2 Å². The summed E-state index contributed by atoms with van der Waals surface area (Å²) in [6, 6.07) is 0. The molecule has 0 aliphatic carbocycles. The SMILES string of the molecule is O.[Na+].[Na+].[Na+].[Na+].[O-]P([O-])OP([O-])[O-]. The Morgan fingerprint density at radius 3 is 0.833 bits per heavy atom. The van der Waals surface area contributed by atoms with Gasteiger partial charge >= 0.3 is 118 Å². The summed E-state index contributed by atoms with van der Waals surface area (Å²) in [6.45, 7) is 0. The van der Waals surface area contributed by atoms with E-state index in [1.807, 2.05) is 0 Å². The fourth-order valence-electron chi connectivity index (χ4n) is 0.0544. The zero-order valence-electron chi connectivity index (χ0n) is 7.44. The number of rotatable bonds is 2. The molecule has 0 bridgehead atoms. The van der Waals surface area contributed by atoms with Gasteiger partial charge in [-0.2, -0.15) is 17.2 Å². The van der Waals surface area contributed by atoms with E-state index < -0.39 is 17.2 Å². The number of hydrogen-bond acceptors (Lipinski definition) is 5. The molecule has 0 aromatic heterocycles. The van der Waals surface area contributed by atoms with Crippen molar-refractivity contribution in [3.05, 3.63) is 0 Å². The van der Waals surface area contributed by atoms with Gasteiger partial charge in [-0.3, -0.25) is 0 Å². The molecular formula is H2Na4O6P2. The molecule has 0 radical (unpaired) electrons. The maximum absolute atomic E-state index is 9.24. The maximum Gasteiger partial charge on any atom is 1.00 e. The van der Waals surface area contributed by atoms with Gasteiger partial charge in [0.05, 0.1) is 0 Å². The first-order valence-electron chi connectivity index (χ1n) is 1.10. The molecule has 0 aromatic rings. The van der Waals surface area contributed by atoms with E-state index >= 15 is 0 Å². The molecule has 2 N–H and O–H groups in total. The molecule has 0 fully saturated rings. The Bertz CT molecular complexity index is 46.8. The molecule has 0 amide bonds. The fraction of sp³-hybridized carbons (Fsp3) is 0. The van der Waals surface area contributed by atoms with E-state index in [1.165, 1.54) is 0 Å². The second kappa shape index (κ2) is 24.7. The largest absolute Gasteiger partial charge is 1.00 e. The standard InChI is InChI=1S/4Na.O5P2.H2O/c;;;;1-6(2)5-7(3)4;/h;;;;;1H2/q4*+1;-4;. The Morgan fingerprint density at radius 1 is 0.667 bits per heavy atom. The molecular weight excluding hydrogens is 250 g/mol. The summed E-state index contributed by atoms with van der Waals surface area (Å²) in [7, 11) is -6.47. The van der Waals surface area contributed by atoms with Gasteiger partial charge in [-0.15, -0.1) is 0 Å². The smallest absolute Gasteiger partial charge is 0.820 e. The molecule has 12 heavy (non-hydrogen) atoms. The molecule has 12 heteroatoms. The van der Waals surface area contributed by atoms with Crippen LogP contribution in [0, 0.1) is 0 Å². The van der Waals surface area contributed by atoms with E-state index in [0.717, 1.165) is 0 Å². The molecule has 0 rings (SSSR count). The Labute approximate surface area is 161 Å². The van der Waals surface area contributed by atoms with E-state index in [-0.39, 0.29) is 124 Å². The minimum Gasteiger partial charge on any atom is -0.820 e. The molecule has 6 nitrogen and oxygen atoms in total. The van der Waals surface area contributed by atoms with Gasteiger partial charge in [-0.25, -0.2) is 0 Å². The summed E-state index contributed by atoms with van der Waals surface area (Å²) in [4.78, 5) is 37.0. The van der Waals surface area contributed by atoms with Crippen LogP contribution >= 0.6 is 17.2 Å². The summed E-state index contributed by atoms with van der Waals surface area (Å²) in [5.74, 6) is 0. The van der Waals surface area contributed by atoms with Gasteiger partial charge in [0, 0.05) is 0 Å². The van der Waals surface area contributed by atoms with E-state index in [9.17, 15) is 19.6 Å². The molecule has 0 saturated heterocycles. The van der Waals surface area contributed by atoms with Crippen LogP contribution in [0.5, 0.6) is 0 Å². The van der Waals surface area contributed by atoms with Crippen LogP contribution in [0.15, 0.2) is 0 Å². The van der Waals surface area contributed by atoms with Crippen molar-refractivity contribution < 1.29 is 148 Å². The molecule has 0 unspecified atom stereocenters.